The first kappa shape index (κ1) is 19.7. The number of aryl methyl sites for hydroxylation is 1. The molecule has 1 aromatic carbocycles. The summed E-state index contributed by atoms with van der Waals surface area (Å²) in [6.07, 6.45) is 1.05. The van der Waals surface area contributed by atoms with Crippen LogP contribution in [0.2, 0.25) is 0 Å². The fourth-order valence-corrected chi connectivity index (χ4v) is 3.64. The molecule has 1 fully saturated rings. The minimum atomic E-state index is -0.903. The van der Waals surface area contributed by atoms with Crippen molar-refractivity contribution in [1.82, 2.24) is 4.90 Å². The van der Waals surface area contributed by atoms with Gasteiger partial charge in [0.05, 0.1) is 32.1 Å². The Labute approximate surface area is 161 Å². The summed E-state index contributed by atoms with van der Waals surface area (Å²) in [6.45, 7) is 2.41. The molecular weight excluding hydrogens is 366 g/mol. The molecule has 28 heavy (non-hydrogen) atoms. The predicted octanol–water partition coefficient (Wildman–Crippen LogP) is 1.98. The molecule has 8 nitrogen and oxygen atoms in total. The highest BCUT2D eigenvalue weighted by Crippen LogP contribution is 2.36. The van der Waals surface area contributed by atoms with E-state index in [1.54, 1.807) is 19.1 Å². The van der Waals surface area contributed by atoms with Crippen LogP contribution in [0, 0.1) is 12.8 Å². The minimum absolute atomic E-state index is 0.134. The van der Waals surface area contributed by atoms with Crippen LogP contribution in [0.3, 0.4) is 0 Å². The maximum atomic E-state index is 12.7. The number of aliphatic carboxylic acids is 1. The van der Waals surface area contributed by atoms with E-state index in [4.69, 9.17) is 13.9 Å². The van der Waals surface area contributed by atoms with Gasteiger partial charge in [-0.05, 0) is 37.5 Å². The third-order valence-corrected chi connectivity index (χ3v) is 5.25. The molecule has 1 aliphatic rings. The van der Waals surface area contributed by atoms with Crippen LogP contribution in [0.25, 0.3) is 11.0 Å². The maximum Gasteiger partial charge on any atom is 0.340 e. The van der Waals surface area contributed by atoms with Crippen LogP contribution in [0.5, 0.6) is 11.5 Å². The average Bonchev–Trinajstić information content (AvgIpc) is 2.70. The second kappa shape index (κ2) is 7.92. The number of hydrogen-bond donors (Lipinski definition) is 1. The smallest absolute Gasteiger partial charge is 0.340 e. The fourth-order valence-electron chi connectivity index (χ4n) is 3.64. The van der Waals surface area contributed by atoms with Crippen molar-refractivity contribution in [2.45, 2.75) is 26.2 Å². The zero-order valence-corrected chi connectivity index (χ0v) is 16.1. The molecule has 1 aromatic heterocycles. The number of methoxy groups -OCH3 is 2. The van der Waals surface area contributed by atoms with E-state index in [2.05, 4.69) is 0 Å². The minimum Gasteiger partial charge on any atom is -0.493 e. The van der Waals surface area contributed by atoms with Gasteiger partial charge >= 0.3 is 11.6 Å². The Morgan fingerprint density at radius 1 is 1.29 bits per heavy atom. The lowest BCUT2D eigenvalue weighted by Crippen LogP contribution is -2.43. The molecule has 1 saturated heterocycles. The molecule has 150 valence electrons. The molecule has 3 rings (SSSR count). The van der Waals surface area contributed by atoms with Gasteiger partial charge in [-0.2, -0.15) is 0 Å². The number of carboxylic acids is 1. The van der Waals surface area contributed by atoms with Gasteiger partial charge in [0.2, 0.25) is 11.7 Å². The average molecular weight is 389 g/mol. The number of carboxylic acid groups (broad SMARTS) is 1. The number of ether oxygens (including phenoxy) is 2. The summed E-state index contributed by atoms with van der Waals surface area (Å²) in [5, 5.41) is 9.86. The number of nitrogens with zero attached hydrogens (tertiary/aromatic N) is 1. The Hall–Kier alpha value is -3.03. The number of likely N-dealkylation sites (tertiary alicyclic amines) is 1. The molecule has 1 aliphatic heterocycles. The molecular formula is C20H23NO7. The Kier molecular flexibility index (Phi) is 5.58. The van der Waals surface area contributed by atoms with Gasteiger partial charge in [-0.15, -0.1) is 0 Å². The van der Waals surface area contributed by atoms with Crippen LogP contribution in [-0.4, -0.2) is 49.2 Å². The number of carbonyl (C=O) groups is 2. The summed E-state index contributed by atoms with van der Waals surface area (Å²) in [5.74, 6) is -0.988. The summed E-state index contributed by atoms with van der Waals surface area (Å²) in [4.78, 5) is 38.0. The molecule has 0 bridgehead atoms. The largest absolute Gasteiger partial charge is 0.493 e. The third-order valence-electron chi connectivity index (χ3n) is 5.25. The van der Waals surface area contributed by atoms with Crippen molar-refractivity contribution in [3.63, 3.8) is 0 Å². The Bertz CT molecular complexity index is 979. The van der Waals surface area contributed by atoms with Gasteiger partial charge in [-0.25, -0.2) is 4.79 Å². The Balaban J connectivity index is 1.94. The predicted molar refractivity (Wildman–Crippen MR) is 101 cm³/mol. The van der Waals surface area contributed by atoms with E-state index in [0.717, 1.165) is 0 Å². The topological polar surface area (TPSA) is 106 Å². The summed E-state index contributed by atoms with van der Waals surface area (Å²) >= 11 is 0. The first-order valence-electron chi connectivity index (χ1n) is 9.05. The third kappa shape index (κ3) is 3.54. The van der Waals surface area contributed by atoms with Gasteiger partial charge in [-0.1, -0.05) is 0 Å². The zero-order chi connectivity index (χ0) is 20.4. The lowest BCUT2D eigenvalue weighted by molar-refractivity contribution is -0.145. The molecule has 2 aromatic rings. The van der Waals surface area contributed by atoms with E-state index in [1.165, 1.54) is 19.1 Å². The van der Waals surface area contributed by atoms with Crippen LogP contribution in [0.1, 0.15) is 24.0 Å². The van der Waals surface area contributed by atoms with Gasteiger partial charge in [-0.3, -0.25) is 9.59 Å². The van der Waals surface area contributed by atoms with Crippen LogP contribution < -0.4 is 15.1 Å². The van der Waals surface area contributed by atoms with Crippen LogP contribution in [0.4, 0.5) is 0 Å². The molecule has 1 atom stereocenters. The van der Waals surface area contributed by atoms with Gasteiger partial charge < -0.3 is 23.9 Å². The normalized spacial score (nSPS) is 16.8. The maximum absolute atomic E-state index is 12.7. The van der Waals surface area contributed by atoms with Gasteiger partial charge in [0.25, 0.3) is 0 Å². The molecule has 0 unspecified atom stereocenters. The van der Waals surface area contributed by atoms with Crippen LogP contribution in [0.15, 0.2) is 21.3 Å². The molecule has 8 heteroatoms. The van der Waals surface area contributed by atoms with Crippen molar-refractivity contribution in [3.05, 3.63) is 33.7 Å². The summed E-state index contributed by atoms with van der Waals surface area (Å²) < 4.78 is 16.0. The molecule has 0 spiro atoms. The number of carbonyl (C=O) groups excluding carboxylic acids is 1. The SMILES string of the molecule is COc1ccc2c(C)c(CC(=O)N3CCC[C@@H](C(=O)O)C3)c(=O)oc2c1OC. The highest BCUT2D eigenvalue weighted by Gasteiger charge is 2.29. The molecule has 0 radical (unpaired) electrons. The number of fused-ring (bicyclic) bond motifs is 1. The van der Waals surface area contributed by atoms with E-state index in [9.17, 15) is 19.5 Å². The quantitative estimate of drug-likeness (QED) is 0.780. The summed E-state index contributed by atoms with van der Waals surface area (Å²) in [5.41, 5.74) is 0.552. The number of benzene rings is 1. The Morgan fingerprint density at radius 3 is 2.68 bits per heavy atom. The number of amides is 1. The van der Waals surface area contributed by atoms with Crippen molar-refractivity contribution < 1.29 is 28.6 Å². The summed E-state index contributed by atoms with van der Waals surface area (Å²) in [6, 6.07) is 3.46. The Morgan fingerprint density at radius 2 is 2.04 bits per heavy atom. The summed E-state index contributed by atoms with van der Waals surface area (Å²) in [7, 11) is 2.95. The van der Waals surface area contributed by atoms with Crippen LogP contribution in [-0.2, 0) is 16.0 Å². The number of piperidine rings is 1. The van der Waals surface area contributed by atoms with Crippen molar-refractivity contribution in [2.75, 3.05) is 27.3 Å². The second-order valence-corrected chi connectivity index (χ2v) is 6.86. The highest BCUT2D eigenvalue weighted by atomic mass is 16.5. The molecule has 0 saturated carbocycles. The van der Waals surface area contributed by atoms with Gasteiger partial charge in [0.15, 0.2) is 11.3 Å². The van der Waals surface area contributed by atoms with E-state index in [0.29, 0.717) is 41.8 Å². The lowest BCUT2D eigenvalue weighted by Gasteiger charge is -2.30. The number of hydrogen-bond acceptors (Lipinski definition) is 6. The first-order chi connectivity index (χ1) is 13.4. The van der Waals surface area contributed by atoms with Crippen molar-refractivity contribution in [3.8, 4) is 11.5 Å². The second-order valence-electron chi connectivity index (χ2n) is 6.86. The van der Waals surface area contributed by atoms with Crippen molar-refractivity contribution >= 4 is 22.8 Å². The van der Waals surface area contributed by atoms with E-state index < -0.39 is 17.5 Å². The van der Waals surface area contributed by atoms with Gasteiger partial charge in [0.1, 0.15) is 0 Å². The standard InChI is InChI=1S/C20H23NO7/c1-11-13-6-7-15(26-2)18(27-3)17(13)28-20(25)14(11)9-16(22)21-8-4-5-12(10-21)19(23)24/h6-7,12H,4-5,8-10H2,1-3H3,(H,23,24)/t12-/m1/s1. The zero-order valence-electron chi connectivity index (χ0n) is 16.1. The lowest BCUT2D eigenvalue weighted by atomic mass is 9.97. The molecule has 1 N–H and O–H groups in total. The number of rotatable bonds is 5. The highest BCUT2D eigenvalue weighted by molar-refractivity contribution is 5.90. The van der Waals surface area contributed by atoms with Crippen molar-refractivity contribution in [2.24, 2.45) is 5.92 Å². The van der Waals surface area contributed by atoms with E-state index in [1.807, 2.05) is 0 Å². The van der Waals surface area contributed by atoms with E-state index in [-0.39, 0.29) is 30.0 Å². The van der Waals surface area contributed by atoms with Gasteiger partial charge in [0, 0.05) is 18.5 Å². The first-order valence-corrected chi connectivity index (χ1v) is 9.05. The van der Waals surface area contributed by atoms with Crippen molar-refractivity contribution in [1.29, 1.82) is 0 Å². The molecule has 0 aliphatic carbocycles. The monoisotopic (exact) mass is 389 g/mol. The molecule has 1 amide bonds. The van der Waals surface area contributed by atoms with E-state index >= 15 is 0 Å². The molecule has 2 heterocycles. The van der Waals surface area contributed by atoms with Crippen LogP contribution >= 0.6 is 0 Å². The fraction of sp³-hybridized carbons (Fsp3) is 0.450.